The van der Waals surface area contributed by atoms with Crippen LogP contribution in [0, 0.1) is 5.92 Å². The summed E-state index contributed by atoms with van der Waals surface area (Å²) in [5.41, 5.74) is 0.387. The summed E-state index contributed by atoms with van der Waals surface area (Å²) in [4.78, 5) is 11.4. The topological polar surface area (TPSA) is 42.9 Å². The van der Waals surface area contributed by atoms with E-state index in [-0.39, 0.29) is 5.78 Å². The van der Waals surface area contributed by atoms with Crippen molar-refractivity contribution in [2.75, 3.05) is 0 Å². The molecule has 0 spiro atoms. The Bertz CT molecular complexity index is 295. The van der Waals surface area contributed by atoms with Crippen LogP contribution in [-0.2, 0) is 0 Å². The Morgan fingerprint density at radius 1 is 1.46 bits per heavy atom. The van der Waals surface area contributed by atoms with Crippen molar-refractivity contribution in [3.05, 3.63) is 23.0 Å². The minimum atomic E-state index is 0.0131. The first-order valence-corrected chi connectivity index (χ1v) is 4.50. The average molecular weight is 199 g/mol. The predicted molar refractivity (Wildman–Crippen MR) is 50.8 cm³/mol. The maximum Gasteiger partial charge on any atom is 0.183 e. The molecule has 0 saturated carbocycles. The number of ketones is 1. The molecular weight excluding hydrogens is 188 g/mol. The zero-order chi connectivity index (χ0) is 9.84. The molecule has 1 aromatic rings. The van der Waals surface area contributed by atoms with Gasteiger partial charge in [0.15, 0.2) is 10.9 Å². The lowest BCUT2D eigenvalue weighted by Crippen LogP contribution is -2.06. The maximum absolute atomic E-state index is 11.4. The van der Waals surface area contributed by atoms with Gasteiger partial charge in [-0.05, 0) is 18.1 Å². The zero-order valence-electron chi connectivity index (χ0n) is 7.62. The molecule has 0 amide bonds. The number of hydrogen-bond acceptors (Lipinski definition) is 3. The molecule has 70 valence electrons. The van der Waals surface area contributed by atoms with Gasteiger partial charge in [-0.2, -0.15) is 0 Å². The first-order chi connectivity index (χ1) is 6.09. The molecule has 4 heteroatoms. The summed E-state index contributed by atoms with van der Waals surface area (Å²) in [7, 11) is 0. The number of carbonyl (C=O) groups is 1. The van der Waals surface area contributed by atoms with Crippen LogP contribution in [0.25, 0.3) is 0 Å². The van der Waals surface area contributed by atoms with Crippen LogP contribution in [-0.4, -0.2) is 16.0 Å². The lowest BCUT2D eigenvalue weighted by molar-refractivity contribution is 0.0962. The van der Waals surface area contributed by atoms with Crippen LogP contribution in [0.4, 0.5) is 0 Å². The molecule has 0 bridgehead atoms. The minimum Gasteiger partial charge on any atom is -0.292 e. The van der Waals surface area contributed by atoms with Crippen molar-refractivity contribution in [3.8, 4) is 0 Å². The fourth-order valence-corrected chi connectivity index (χ4v) is 1.04. The normalized spacial score (nSPS) is 10.5. The molecule has 0 aliphatic heterocycles. The van der Waals surface area contributed by atoms with Crippen molar-refractivity contribution in [1.29, 1.82) is 0 Å². The molecule has 0 atom stereocenters. The Labute approximate surface area is 82.1 Å². The highest BCUT2D eigenvalue weighted by Gasteiger charge is 2.09. The van der Waals surface area contributed by atoms with E-state index >= 15 is 0 Å². The van der Waals surface area contributed by atoms with Crippen molar-refractivity contribution in [2.24, 2.45) is 5.92 Å². The summed E-state index contributed by atoms with van der Waals surface area (Å²) in [6.45, 7) is 3.97. The number of halogens is 1. The SMILES string of the molecule is CC(C)CC(=O)c1ccc(Cl)nn1. The highest BCUT2D eigenvalue weighted by Crippen LogP contribution is 2.08. The van der Waals surface area contributed by atoms with E-state index in [4.69, 9.17) is 11.6 Å². The summed E-state index contributed by atoms with van der Waals surface area (Å²) in [6, 6.07) is 3.17. The third-order valence-electron chi connectivity index (χ3n) is 1.51. The number of hydrogen-bond donors (Lipinski definition) is 0. The highest BCUT2D eigenvalue weighted by atomic mass is 35.5. The number of carbonyl (C=O) groups excluding carboxylic acids is 1. The van der Waals surface area contributed by atoms with Crippen LogP contribution in [0.1, 0.15) is 30.8 Å². The second-order valence-corrected chi connectivity index (χ2v) is 3.65. The van der Waals surface area contributed by atoms with Crippen LogP contribution >= 0.6 is 11.6 Å². The summed E-state index contributed by atoms with van der Waals surface area (Å²) in [6.07, 6.45) is 0.496. The van der Waals surface area contributed by atoms with Crippen LogP contribution in [0.15, 0.2) is 12.1 Å². The highest BCUT2D eigenvalue weighted by molar-refractivity contribution is 6.29. The Morgan fingerprint density at radius 3 is 2.62 bits per heavy atom. The van der Waals surface area contributed by atoms with E-state index in [0.717, 1.165) is 0 Å². The third kappa shape index (κ3) is 3.11. The molecule has 1 aromatic heterocycles. The molecule has 0 fully saturated rings. The van der Waals surface area contributed by atoms with Gasteiger partial charge in [-0.3, -0.25) is 4.79 Å². The monoisotopic (exact) mass is 198 g/mol. The second-order valence-electron chi connectivity index (χ2n) is 3.26. The third-order valence-corrected chi connectivity index (χ3v) is 1.71. The van der Waals surface area contributed by atoms with Crippen LogP contribution < -0.4 is 0 Å². The molecule has 3 nitrogen and oxygen atoms in total. The van der Waals surface area contributed by atoms with Crippen molar-refractivity contribution >= 4 is 17.4 Å². The van der Waals surface area contributed by atoms with Gasteiger partial charge in [-0.15, -0.1) is 10.2 Å². The van der Waals surface area contributed by atoms with Gasteiger partial charge in [-0.1, -0.05) is 25.4 Å². The molecule has 0 unspecified atom stereocenters. The van der Waals surface area contributed by atoms with Gasteiger partial charge in [0.1, 0.15) is 5.69 Å². The Balaban J connectivity index is 2.72. The van der Waals surface area contributed by atoms with E-state index in [2.05, 4.69) is 10.2 Å². The Kier molecular flexibility index (Phi) is 3.37. The van der Waals surface area contributed by atoms with Crippen LogP contribution in [0.3, 0.4) is 0 Å². The van der Waals surface area contributed by atoms with Gasteiger partial charge in [0.05, 0.1) is 0 Å². The molecule has 1 rings (SSSR count). The lowest BCUT2D eigenvalue weighted by Gasteiger charge is -2.01. The first-order valence-electron chi connectivity index (χ1n) is 4.12. The van der Waals surface area contributed by atoms with E-state index in [9.17, 15) is 4.79 Å². The molecule has 0 saturated heterocycles. The largest absolute Gasteiger partial charge is 0.292 e. The first kappa shape index (κ1) is 10.1. The van der Waals surface area contributed by atoms with Crippen molar-refractivity contribution < 1.29 is 4.79 Å². The quantitative estimate of drug-likeness (QED) is 0.701. The van der Waals surface area contributed by atoms with Crippen molar-refractivity contribution in [3.63, 3.8) is 0 Å². The summed E-state index contributed by atoms with van der Waals surface area (Å²) >= 11 is 5.54. The second kappa shape index (κ2) is 4.33. The number of aromatic nitrogens is 2. The molecule has 1 heterocycles. The summed E-state index contributed by atoms with van der Waals surface area (Å²) in [5, 5.41) is 7.61. The molecule has 0 aromatic carbocycles. The molecule has 0 radical (unpaired) electrons. The molecule has 0 aliphatic rings. The van der Waals surface area contributed by atoms with E-state index < -0.39 is 0 Å². The summed E-state index contributed by atoms with van der Waals surface area (Å²) in [5.74, 6) is 0.351. The van der Waals surface area contributed by atoms with Gasteiger partial charge >= 0.3 is 0 Å². The minimum absolute atomic E-state index is 0.0131. The standard InChI is InChI=1S/C9H11ClN2O/c1-6(2)5-8(13)7-3-4-9(10)12-11-7/h3-4,6H,5H2,1-2H3. The smallest absolute Gasteiger partial charge is 0.183 e. The molecular formula is C9H11ClN2O. The predicted octanol–water partition coefficient (Wildman–Crippen LogP) is 2.36. The zero-order valence-corrected chi connectivity index (χ0v) is 8.38. The summed E-state index contributed by atoms with van der Waals surface area (Å²) < 4.78 is 0. The van der Waals surface area contributed by atoms with E-state index in [1.807, 2.05) is 13.8 Å². The van der Waals surface area contributed by atoms with Crippen LogP contribution in [0.2, 0.25) is 5.15 Å². The van der Waals surface area contributed by atoms with Crippen LogP contribution in [0.5, 0.6) is 0 Å². The van der Waals surface area contributed by atoms with Gasteiger partial charge < -0.3 is 0 Å². The maximum atomic E-state index is 11.4. The number of rotatable bonds is 3. The number of Topliss-reactive ketones (excluding diaryl/α,β-unsaturated/α-hetero) is 1. The van der Waals surface area contributed by atoms with E-state index in [1.54, 1.807) is 12.1 Å². The molecule has 13 heavy (non-hydrogen) atoms. The fraction of sp³-hybridized carbons (Fsp3) is 0.444. The number of nitrogens with zero attached hydrogens (tertiary/aromatic N) is 2. The van der Waals surface area contributed by atoms with E-state index in [1.165, 1.54) is 0 Å². The Morgan fingerprint density at radius 2 is 2.15 bits per heavy atom. The Hall–Kier alpha value is -0.960. The van der Waals surface area contributed by atoms with E-state index in [0.29, 0.717) is 23.2 Å². The fourth-order valence-electron chi connectivity index (χ4n) is 0.940. The van der Waals surface area contributed by atoms with Gasteiger partial charge in [0.25, 0.3) is 0 Å². The van der Waals surface area contributed by atoms with Gasteiger partial charge in [0.2, 0.25) is 0 Å². The lowest BCUT2D eigenvalue weighted by atomic mass is 10.1. The van der Waals surface area contributed by atoms with Crippen molar-refractivity contribution in [1.82, 2.24) is 10.2 Å². The average Bonchev–Trinajstić information content (AvgIpc) is 2.04. The van der Waals surface area contributed by atoms with Gasteiger partial charge in [-0.25, -0.2) is 0 Å². The van der Waals surface area contributed by atoms with Gasteiger partial charge in [0, 0.05) is 6.42 Å². The molecule has 0 N–H and O–H groups in total. The molecule has 0 aliphatic carbocycles. The van der Waals surface area contributed by atoms with Crippen molar-refractivity contribution in [2.45, 2.75) is 20.3 Å².